The molecule has 0 bridgehead atoms. The van der Waals surface area contributed by atoms with E-state index < -0.39 is 23.0 Å². The van der Waals surface area contributed by atoms with Crippen molar-refractivity contribution in [2.75, 3.05) is 7.11 Å². The zero-order valence-corrected chi connectivity index (χ0v) is 13.1. The third-order valence-electron chi connectivity index (χ3n) is 3.38. The van der Waals surface area contributed by atoms with Gasteiger partial charge >= 0.3 is 11.9 Å². The van der Waals surface area contributed by atoms with Gasteiger partial charge in [0.25, 0.3) is 5.69 Å². The maximum absolute atomic E-state index is 12.1. The molecule has 0 unspecified atom stereocenters. The van der Waals surface area contributed by atoms with Gasteiger partial charge in [0.05, 0.1) is 23.2 Å². The number of methoxy groups -OCH3 is 1. The molecule has 0 aliphatic carbocycles. The minimum Gasteiger partial charge on any atom is -0.465 e. The maximum Gasteiger partial charge on any atom is 0.338 e. The molecular formula is C17H15NO6. The molecule has 0 aromatic heterocycles. The van der Waals surface area contributed by atoms with Crippen molar-refractivity contribution in [2.24, 2.45) is 0 Å². The predicted molar refractivity (Wildman–Crippen MR) is 84.7 cm³/mol. The van der Waals surface area contributed by atoms with Crippen LogP contribution in [0, 0.1) is 10.1 Å². The topological polar surface area (TPSA) is 95.7 Å². The highest BCUT2D eigenvalue weighted by Crippen LogP contribution is 2.23. The Morgan fingerprint density at radius 1 is 1.04 bits per heavy atom. The summed E-state index contributed by atoms with van der Waals surface area (Å²) in [6.07, 6.45) is -0.655. The minimum atomic E-state index is -0.655. The first-order valence-electron chi connectivity index (χ1n) is 7.06. The van der Waals surface area contributed by atoms with Crippen molar-refractivity contribution in [1.29, 1.82) is 0 Å². The average molecular weight is 329 g/mol. The molecule has 2 aromatic rings. The van der Waals surface area contributed by atoms with Crippen LogP contribution < -0.4 is 0 Å². The number of nitro groups is 1. The van der Waals surface area contributed by atoms with Gasteiger partial charge in [-0.05, 0) is 36.8 Å². The maximum atomic E-state index is 12.1. The number of non-ortho nitro benzene ring substituents is 1. The molecular weight excluding hydrogens is 314 g/mol. The average Bonchev–Trinajstić information content (AvgIpc) is 2.61. The molecule has 7 heteroatoms. The van der Waals surface area contributed by atoms with Gasteiger partial charge in [0.15, 0.2) is 0 Å². The number of carbonyl (C=O) groups excluding carboxylic acids is 2. The summed E-state index contributed by atoms with van der Waals surface area (Å²) in [5.41, 5.74) is 1.03. The first-order valence-corrected chi connectivity index (χ1v) is 7.06. The Morgan fingerprint density at radius 2 is 1.62 bits per heavy atom. The summed E-state index contributed by atoms with van der Waals surface area (Å²) < 4.78 is 9.89. The summed E-state index contributed by atoms with van der Waals surface area (Å²) in [6.45, 7) is 1.62. The summed E-state index contributed by atoms with van der Waals surface area (Å²) in [6, 6.07) is 11.7. The molecule has 24 heavy (non-hydrogen) atoms. The Bertz CT molecular complexity index is 769. The molecule has 7 nitrogen and oxygen atoms in total. The van der Waals surface area contributed by atoms with E-state index in [4.69, 9.17) is 4.74 Å². The Kier molecular flexibility index (Phi) is 5.26. The number of nitro benzene ring substituents is 1. The summed E-state index contributed by atoms with van der Waals surface area (Å²) in [4.78, 5) is 33.8. The second kappa shape index (κ2) is 7.36. The van der Waals surface area contributed by atoms with Crippen molar-refractivity contribution >= 4 is 17.6 Å². The zero-order valence-electron chi connectivity index (χ0n) is 13.1. The van der Waals surface area contributed by atoms with Crippen LogP contribution in [0.4, 0.5) is 5.69 Å². The number of nitrogens with zero attached hydrogens (tertiary/aromatic N) is 1. The molecule has 1 atom stereocenters. The standard InChI is InChI=1S/C17H15NO6/c1-11(14-4-3-5-15(10-14)18(21)22)24-17(20)13-8-6-12(7-9-13)16(19)23-2/h3-11H,1-2H3/t11-/m0/s1. The molecule has 2 aromatic carbocycles. The van der Waals surface area contributed by atoms with E-state index >= 15 is 0 Å². The van der Waals surface area contributed by atoms with Gasteiger partial charge in [-0.1, -0.05) is 12.1 Å². The highest BCUT2D eigenvalue weighted by molar-refractivity contribution is 5.93. The Labute approximate surface area is 138 Å². The van der Waals surface area contributed by atoms with E-state index in [0.717, 1.165) is 0 Å². The van der Waals surface area contributed by atoms with Crippen molar-refractivity contribution in [1.82, 2.24) is 0 Å². The van der Waals surface area contributed by atoms with Crippen molar-refractivity contribution in [3.63, 3.8) is 0 Å². The van der Waals surface area contributed by atoms with Crippen LogP contribution in [-0.4, -0.2) is 24.0 Å². The lowest BCUT2D eigenvalue weighted by atomic mass is 10.1. The minimum absolute atomic E-state index is 0.0715. The SMILES string of the molecule is COC(=O)c1ccc(C(=O)O[C@@H](C)c2cccc([N+](=O)[O-])c2)cc1. The molecule has 0 N–H and O–H groups in total. The largest absolute Gasteiger partial charge is 0.465 e. The summed E-state index contributed by atoms with van der Waals surface area (Å²) in [7, 11) is 1.27. The van der Waals surface area contributed by atoms with Gasteiger partial charge in [-0.25, -0.2) is 9.59 Å². The molecule has 0 aliphatic heterocycles. The van der Waals surface area contributed by atoms with Crippen LogP contribution in [0.25, 0.3) is 0 Å². The Morgan fingerprint density at radius 3 is 2.17 bits per heavy atom. The number of esters is 2. The number of rotatable bonds is 5. The van der Waals surface area contributed by atoms with Gasteiger partial charge in [0.1, 0.15) is 6.10 Å². The van der Waals surface area contributed by atoms with Gasteiger partial charge < -0.3 is 9.47 Å². The van der Waals surface area contributed by atoms with Crippen LogP contribution in [0.3, 0.4) is 0 Å². The highest BCUT2D eigenvalue weighted by atomic mass is 16.6. The molecule has 0 aliphatic rings. The summed E-state index contributed by atoms with van der Waals surface area (Å²) >= 11 is 0. The van der Waals surface area contributed by atoms with Crippen molar-refractivity contribution in [3.8, 4) is 0 Å². The molecule has 0 fully saturated rings. The number of hydrogen-bond donors (Lipinski definition) is 0. The van der Waals surface area contributed by atoms with Gasteiger partial charge in [-0.15, -0.1) is 0 Å². The number of ether oxygens (including phenoxy) is 2. The normalized spacial score (nSPS) is 11.4. The first kappa shape index (κ1) is 17.1. The molecule has 0 radical (unpaired) electrons. The smallest absolute Gasteiger partial charge is 0.338 e. The highest BCUT2D eigenvalue weighted by Gasteiger charge is 2.16. The van der Waals surface area contributed by atoms with Crippen LogP contribution >= 0.6 is 0 Å². The molecule has 0 saturated heterocycles. The zero-order chi connectivity index (χ0) is 17.7. The lowest BCUT2D eigenvalue weighted by molar-refractivity contribution is -0.385. The van der Waals surface area contributed by atoms with E-state index in [0.29, 0.717) is 11.1 Å². The van der Waals surface area contributed by atoms with Gasteiger partial charge in [0, 0.05) is 12.1 Å². The van der Waals surface area contributed by atoms with E-state index in [1.165, 1.54) is 49.6 Å². The molecule has 0 amide bonds. The van der Waals surface area contributed by atoms with E-state index in [2.05, 4.69) is 4.74 Å². The van der Waals surface area contributed by atoms with Crippen LogP contribution in [0.5, 0.6) is 0 Å². The predicted octanol–water partition coefficient (Wildman–Crippen LogP) is 3.30. The van der Waals surface area contributed by atoms with E-state index in [1.54, 1.807) is 13.0 Å². The first-order chi connectivity index (χ1) is 11.4. The van der Waals surface area contributed by atoms with Gasteiger partial charge in [-0.2, -0.15) is 0 Å². The van der Waals surface area contributed by atoms with Crippen LogP contribution in [0.1, 0.15) is 39.3 Å². The fourth-order valence-electron chi connectivity index (χ4n) is 2.05. The third-order valence-corrected chi connectivity index (χ3v) is 3.38. The number of carbonyl (C=O) groups is 2. The monoisotopic (exact) mass is 329 g/mol. The summed E-state index contributed by atoms with van der Waals surface area (Å²) in [5.74, 6) is -1.09. The fraction of sp³-hybridized carbons (Fsp3) is 0.176. The van der Waals surface area contributed by atoms with Crippen LogP contribution in [-0.2, 0) is 9.47 Å². The lowest BCUT2D eigenvalue weighted by Crippen LogP contribution is -2.10. The molecule has 0 spiro atoms. The molecule has 2 rings (SSSR count). The van der Waals surface area contributed by atoms with Gasteiger partial charge in [-0.3, -0.25) is 10.1 Å². The van der Waals surface area contributed by atoms with Crippen molar-refractivity contribution in [2.45, 2.75) is 13.0 Å². The fourth-order valence-corrected chi connectivity index (χ4v) is 2.05. The number of hydrogen-bond acceptors (Lipinski definition) is 6. The number of benzene rings is 2. The Balaban J connectivity index is 2.10. The molecule has 0 saturated carbocycles. The molecule has 124 valence electrons. The summed E-state index contributed by atoms with van der Waals surface area (Å²) in [5, 5.41) is 10.8. The van der Waals surface area contributed by atoms with E-state index in [1.807, 2.05) is 0 Å². The van der Waals surface area contributed by atoms with Crippen LogP contribution in [0.2, 0.25) is 0 Å². The van der Waals surface area contributed by atoms with E-state index in [9.17, 15) is 19.7 Å². The van der Waals surface area contributed by atoms with E-state index in [-0.39, 0.29) is 11.3 Å². The van der Waals surface area contributed by atoms with Gasteiger partial charge in [0.2, 0.25) is 0 Å². The Hall–Kier alpha value is -3.22. The quantitative estimate of drug-likeness (QED) is 0.474. The van der Waals surface area contributed by atoms with Crippen molar-refractivity contribution < 1.29 is 24.0 Å². The lowest BCUT2D eigenvalue weighted by Gasteiger charge is -2.13. The second-order valence-electron chi connectivity index (χ2n) is 4.97. The second-order valence-corrected chi connectivity index (χ2v) is 4.97. The molecule has 0 heterocycles. The van der Waals surface area contributed by atoms with Crippen LogP contribution in [0.15, 0.2) is 48.5 Å². The third kappa shape index (κ3) is 3.95. The van der Waals surface area contributed by atoms with Crippen molar-refractivity contribution in [3.05, 3.63) is 75.3 Å².